The minimum Gasteiger partial charge on any atom is -0.481 e. The molecule has 222 valence electrons. The van der Waals surface area contributed by atoms with E-state index in [1.807, 2.05) is 68.4 Å². The van der Waals surface area contributed by atoms with Crippen LogP contribution in [-0.2, 0) is 9.59 Å². The fraction of sp³-hybridized carbons (Fsp3) is 0.265. The third kappa shape index (κ3) is 9.49. The van der Waals surface area contributed by atoms with Crippen LogP contribution in [0.4, 0.5) is 0 Å². The standard InChI is InChI=1S/C34H36N4O5/c1-34(2,38-33(42)29(22-31(39)40)37-32(41)26-16-11-18-35-23-26)17-9-10-19-43-30-21-27(24-12-5-3-6-13-24)20-28(36-30)25-14-7-4-8-15-25/h3-8,11-16,18,20-21,23,29H,9-10,17,19,22H2,1-2H3,(H,37,41)(H,38,42)(H,39,40). The molecule has 0 aliphatic rings. The number of unbranched alkanes of at least 4 members (excludes halogenated alkanes) is 1. The van der Waals surface area contributed by atoms with Crippen molar-refractivity contribution in [1.29, 1.82) is 0 Å². The zero-order valence-electron chi connectivity index (χ0n) is 24.3. The third-order valence-electron chi connectivity index (χ3n) is 6.81. The van der Waals surface area contributed by atoms with Crippen LogP contribution in [0.15, 0.2) is 97.3 Å². The number of nitrogens with one attached hydrogen (secondary N) is 2. The lowest BCUT2D eigenvalue weighted by Gasteiger charge is -2.29. The predicted molar refractivity (Wildman–Crippen MR) is 164 cm³/mol. The van der Waals surface area contributed by atoms with Gasteiger partial charge in [0, 0.05) is 29.6 Å². The number of ether oxygens (including phenoxy) is 1. The van der Waals surface area contributed by atoms with Crippen molar-refractivity contribution in [3.05, 3.63) is 103 Å². The van der Waals surface area contributed by atoms with Gasteiger partial charge in [-0.05, 0) is 62.4 Å². The molecule has 0 saturated heterocycles. The van der Waals surface area contributed by atoms with Gasteiger partial charge in [-0.2, -0.15) is 0 Å². The number of carbonyl (C=O) groups is 3. The van der Waals surface area contributed by atoms with Crippen molar-refractivity contribution in [3.8, 4) is 28.3 Å². The molecule has 2 amide bonds. The molecule has 9 nitrogen and oxygen atoms in total. The third-order valence-corrected chi connectivity index (χ3v) is 6.81. The van der Waals surface area contributed by atoms with Crippen LogP contribution in [0.1, 0.15) is 49.9 Å². The van der Waals surface area contributed by atoms with Gasteiger partial charge in [0.25, 0.3) is 5.91 Å². The van der Waals surface area contributed by atoms with E-state index >= 15 is 0 Å². The summed E-state index contributed by atoms with van der Waals surface area (Å²) in [4.78, 5) is 45.6. The molecule has 4 rings (SSSR count). The number of amides is 2. The molecule has 43 heavy (non-hydrogen) atoms. The molecule has 0 aliphatic carbocycles. The van der Waals surface area contributed by atoms with E-state index in [1.165, 1.54) is 12.4 Å². The first-order valence-electron chi connectivity index (χ1n) is 14.2. The van der Waals surface area contributed by atoms with Crippen LogP contribution in [0.2, 0.25) is 0 Å². The van der Waals surface area contributed by atoms with Crippen LogP contribution in [0.3, 0.4) is 0 Å². The highest BCUT2D eigenvalue weighted by atomic mass is 16.5. The Bertz CT molecular complexity index is 1450. The van der Waals surface area contributed by atoms with E-state index in [0.29, 0.717) is 25.3 Å². The Morgan fingerprint density at radius 2 is 1.58 bits per heavy atom. The second kappa shape index (κ2) is 14.7. The Balaban J connectivity index is 1.32. The van der Waals surface area contributed by atoms with E-state index < -0.39 is 35.8 Å². The second-order valence-corrected chi connectivity index (χ2v) is 10.9. The van der Waals surface area contributed by atoms with Crippen molar-refractivity contribution in [1.82, 2.24) is 20.6 Å². The number of nitrogens with zero attached hydrogens (tertiary/aromatic N) is 2. The molecule has 9 heteroatoms. The average Bonchev–Trinajstić information content (AvgIpc) is 3.01. The average molecular weight is 581 g/mol. The molecule has 2 aromatic carbocycles. The van der Waals surface area contributed by atoms with Crippen molar-refractivity contribution >= 4 is 17.8 Å². The van der Waals surface area contributed by atoms with Crippen LogP contribution >= 0.6 is 0 Å². The molecule has 3 N–H and O–H groups in total. The van der Waals surface area contributed by atoms with Gasteiger partial charge in [-0.15, -0.1) is 0 Å². The summed E-state index contributed by atoms with van der Waals surface area (Å²) >= 11 is 0. The Morgan fingerprint density at radius 1 is 0.884 bits per heavy atom. The Morgan fingerprint density at radius 3 is 2.23 bits per heavy atom. The molecule has 0 radical (unpaired) electrons. The minimum atomic E-state index is -1.23. The zero-order chi connectivity index (χ0) is 30.7. The zero-order valence-corrected chi connectivity index (χ0v) is 24.3. The van der Waals surface area contributed by atoms with E-state index in [9.17, 15) is 19.5 Å². The van der Waals surface area contributed by atoms with Gasteiger partial charge in [0.2, 0.25) is 11.8 Å². The lowest BCUT2D eigenvalue weighted by molar-refractivity contribution is -0.140. The van der Waals surface area contributed by atoms with Crippen LogP contribution < -0.4 is 15.4 Å². The number of carboxylic acids is 1. The van der Waals surface area contributed by atoms with Crippen LogP contribution in [0, 0.1) is 0 Å². The summed E-state index contributed by atoms with van der Waals surface area (Å²) in [5, 5.41) is 14.7. The van der Waals surface area contributed by atoms with E-state index in [0.717, 1.165) is 28.8 Å². The van der Waals surface area contributed by atoms with Crippen molar-refractivity contribution in [2.75, 3.05) is 6.61 Å². The van der Waals surface area contributed by atoms with Crippen molar-refractivity contribution < 1.29 is 24.2 Å². The molecule has 2 heterocycles. The molecule has 0 fully saturated rings. The largest absolute Gasteiger partial charge is 0.481 e. The van der Waals surface area contributed by atoms with Gasteiger partial charge in [-0.3, -0.25) is 19.4 Å². The molecule has 4 aromatic rings. The van der Waals surface area contributed by atoms with E-state index in [4.69, 9.17) is 9.72 Å². The maximum Gasteiger partial charge on any atom is 0.305 e. The molecule has 0 spiro atoms. The van der Waals surface area contributed by atoms with Gasteiger partial charge in [0.15, 0.2) is 0 Å². The van der Waals surface area contributed by atoms with E-state index in [2.05, 4.69) is 33.8 Å². The summed E-state index contributed by atoms with van der Waals surface area (Å²) in [7, 11) is 0. The number of carbonyl (C=O) groups excluding carboxylic acids is 2. The van der Waals surface area contributed by atoms with Gasteiger partial charge in [-0.25, -0.2) is 4.98 Å². The SMILES string of the molecule is CC(C)(CCCCOc1cc(-c2ccccc2)cc(-c2ccccc2)n1)NC(=O)C(CC(=O)O)NC(=O)c1cccnc1. The molecule has 0 saturated carbocycles. The fourth-order valence-corrected chi connectivity index (χ4v) is 4.58. The summed E-state index contributed by atoms with van der Waals surface area (Å²) < 4.78 is 6.08. The minimum absolute atomic E-state index is 0.240. The monoisotopic (exact) mass is 580 g/mol. The molecule has 1 unspecified atom stereocenters. The molecule has 0 bridgehead atoms. The van der Waals surface area contributed by atoms with Crippen LogP contribution in [-0.4, -0.2) is 51.0 Å². The van der Waals surface area contributed by atoms with E-state index in [-0.39, 0.29) is 5.56 Å². The fourth-order valence-electron chi connectivity index (χ4n) is 4.58. The van der Waals surface area contributed by atoms with Crippen LogP contribution in [0.5, 0.6) is 5.88 Å². The number of pyridine rings is 2. The van der Waals surface area contributed by atoms with Gasteiger partial charge in [0.05, 0.1) is 24.3 Å². The number of benzene rings is 2. The molecular formula is C34H36N4O5. The van der Waals surface area contributed by atoms with Crippen molar-refractivity contribution in [2.45, 2.75) is 51.1 Å². The van der Waals surface area contributed by atoms with Crippen molar-refractivity contribution in [3.63, 3.8) is 0 Å². The summed E-state index contributed by atoms with van der Waals surface area (Å²) in [5.41, 5.74) is 3.51. The highest BCUT2D eigenvalue weighted by Crippen LogP contribution is 2.29. The number of carboxylic acid groups (broad SMARTS) is 1. The predicted octanol–water partition coefficient (Wildman–Crippen LogP) is 5.53. The Labute approximate surface area is 251 Å². The summed E-state index contributed by atoms with van der Waals surface area (Å²) in [6.45, 7) is 4.17. The maximum atomic E-state index is 13.0. The first kappa shape index (κ1) is 30.9. The number of aliphatic carboxylic acids is 1. The second-order valence-electron chi connectivity index (χ2n) is 10.9. The van der Waals surface area contributed by atoms with Gasteiger partial charge in [0.1, 0.15) is 6.04 Å². The Kier molecular flexibility index (Phi) is 10.6. The maximum absolute atomic E-state index is 13.0. The first-order chi connectivity index (χ1) is 20.7. The normalized spacial score (nSPS) is 11.8. The molecule has 0 aliphatic heterocycles. The van der Waals surface area contributed by atoms with Gasteiger partial charge < -0.3 is 20.5 Å². The van der Waals surface area contributed by atoms with Crippen LogP contribution in [0.25, 0.3) is 22.4 Å². The highest BCUT2D eigenvalue weighted by molar-refractivity contribution is 5.98. The van der Waals surface area contributed by atoms with Gasteiger partial charge in [-0.1, -0.05) is 60.7 Å². The molecule has 2 aromatic heterocycles. The molecule has 1 atom stereocenters. The summed E-state index contributed by atoms with van der Waals surface area (Å²) in [6, 6.07) is 25.9. The number of rotatable bonds is 14. The topological polar surface area (TPSA) is 131 Å². The lowest BCUT2D eigenvalue weighted by atomic mass is 9.96. The summed E-state index contributed by atoms with van der Waals surface area (Å²) in [5.74, 6) is -1.78. The lowest BCUT2D eigenvalue weighted by Crippen LogP contribution is -2.53. The highest BCUT2D eigenvalue weighted by Gasteiger charge is 2.29. The quantitative estimate of drug-likeness (QED) is 0.167. The smallest absolute Gasteiger partial charge is 0.305 e. The van der Waals surface area contributed by atoms with Gasteiger partial charge >= 0.3 is 5.97 Å². The summed E-state index contributed by atoms with van der Waals surface area (Å²) in [6.07, 6.45) is 4.41. The number of hydrogen-bond acceptors (Lipinski definition) is 6. The number of aromatic nitrogens is 2. The number of hydrogen-bond donors (Lipinski definition) is 3. The first-order valence-corrected chi connectivity index (χ1v) is 14.2. The van der Waals surface area contributed by atoms with E-state index in [1.54, 1.807) is 12.1 Å². The Hall–Kier alpha value is -5.05. The molecular weight excluding hydrogens is 544 g/mol. The van der Waals surface area contributed by atoms with Crippen molar-refractivity contribution in [2.24, 2.45) is 0 Å².